The van der Waals surface area contributed by atoms with Gasteiger partial charge in [0.05, 0.1) is 10.9 Å². The molecule has 1 fully saturated rings. The maximum Gasteiger partial charge on any atom is 0.239 e. The molecule has 1 saturated heterocycles. The Balaban J connectivity index is 1.57. The minimum atomic E-state index is -0.286. The Morgan fingerprint density at radius 3 is 2.72 bits per heavy atom. The lowest BCUT2D eigenvalue weighted by molar-refractivity contribution is -0.115. The van der Waals surface area contributed by atoms with Gasteiger partial charge in [-0.05, 0) is 44.0 Å². The van der Waals surface area contributed by atoms with E-state index in [9.17, 15) is 9.18 Å². The first-order valence-electron chi connectivity index (χ1n) is 8.01. The van der Waals surface area contributed by atoms with Crippen molar-refractivity contribution < 1.29 is 9.18 Å². The van der Waals surface area contributed by atoms with Crippen molar-refractivity contribution in [2.24, 2.45) is 0 Å². The Hall–Kier alpha value is -1.51. The zero-order valence-electron chi connectivity index (χ0n) is 13.7. The Morgan fingerprint density at radius 1 is 1.36 bits per heavy atom. The van der Waals surface area contributed by atoms with Gasteiger partial charge in [0.25, 0.3) is 0 Å². The molecule has 1 N–H and O–H groups in total. The highest BCUT2D eigenvalue weighted by molar-refractivity contribution is 8.23. The van der Waals surface area contributed by atoms with Crippen molar-refractivity contribution in [2.45, 2.75) is 25.0 Å². The van der Waals surface area contributed by atoms with Gasteiger partial charge in [0, 0.05) is 24.0 Å². The molecule has 3 rings (SSSR count). The fraction of sp³-hybridized carbons (Fsp3) is 0.353. The van der Waals surface area contributed by atoms with Crippen LogP contribution in [0.25, 0.3) is 11.3 Å². The van der Waals surface area contributed by atoms with Crippen molar-refractivity contribution in [1.82, 2.24) is 9.88 Å². The van der Waals surface area contributed by atoms with Crippen LogP contribution in [-0.2, 0) is 4.79 Å². The molecular formula is C17H18FN3OS3. The second kappa shape index (κ2) is 8.25. The van der Waals surface area contributed by atoms with Crippen molar-refractivity contribution in [3.63, 3.8) is 0 Å². The van der Waals surface area contributed by atoms with Crippen molar-refractivity contribution >= 4 is 50.7 Å². The molecule has 1 aromatic carbocycles. The molecule has 0 saturated carbocycles. The Kier molecular flexibility index (Phi) is 6.03. The molecule has 1 atom stereocenters. The predicted octanol–water partition coefficient (Wildman–Crippen LogP) is 4.39. The molecule has 1 unspecified atom stereocenters. The molecule has 0 spiro atoms. The van der Waals surface area contributed by atoms with E-state index in [0.29, 0.717) is 10.8 Å². The molecule has 8 heteroatoms. The highest BCUT2D eigenvalue weighted by atomic mass is 32.2. The minimum absolute atomic E-state index is 0.119. The summed E-state index contributed by atoms with van der Waals surface area (Å²) in [5.41, 5.74) is 1.53. The predicted molar refractivity (Wildman–Crippen MR) is 107 cm³/mol. The van der Waals surface area contributed by atoms with Crippen LogP contribution in [0.3, 0.4) is 0 Å². The molecular weight excluding hydrogens is 377 g/mol. The fourth-order valence-electron chi connectivity index (χ4n) is 2.47. The van der Waals surface area contributed by atoms with E-state index in [1.165, 1.54) is 35.2 Å². The van der Waals surface area contributed by atoms with Crippen LogP contribution in [0.2, 0.25) is 0 Å². The normalized spacial score (nSPS) is 15.2. The molecule has 1 aliphatic heterocycles. The van der Waals surface area contributed by atoms with Crippen LogP contribution in [-0.4, -0.2) is 38.5 Å². The molecule has 0 aliphatic carbocycles. The second-order valence-electron chi connectivity index (χ2n) is 5.75. The monoisotopic (exact) mass is 395 g/mol. The summed E-state index contributed by atoms with van der Waals surface area (Å²) in [6.45, 7) is 3.80. The second-order valence-corrected chi connectivity index (χ2v) is 8.59. The number of amides is 1. The van der Waals surface area contributed by atoms with Crippen LogP contribution in [0.1, 0.15) is 19.8 Å². The quantitative estimate of drug-likeness (QED) is 0.778. The van der Waals surface area contributed by atoms with E-state index in [2.05, 4.69) is 15.2 Å². The van der Waals surface area contributed by atoms with Crippen LogP contribution in [0.15, 0.2) is 29.6 Å². The van der Waals surface area contributed by atoms with E-state index in [-0.39, 0.29) is 17.0 Å². The summed E-state index contributed by atoms with van der Waals surface area (Å²) in [7, 11) is 0. The summed E-state index contributed by atoms with van der Waals surface area (Å²) in [5.74, 6) is -0.404. The summed E-state index contributed by atoms with van der Waals surface area (Å²) in [5, 5.41) is 4.92. The van der Waals surface area contributed by atoms with Crippen LogP contribution < -0.4 is 5.32 Å². The van der Waals surface area contributed by atoms with Gasteiger partial charge in [0.1, 0.15) is 10.1 Å². The van der Waals surface area contributed by atoms with E-state index < -0.39 is 0 Å². The van der Waals surface area contributed by atoms with Gasteiger partial charge in [0.15, 0.2) is 5.13 Å². The van der Waals surface area contributed by atoms with E-state index >= 15 is 0 Å². The highest BCUT2D eigenvalue weighted by Gasteiger charge is 2.22. The van der Waals surface area contributed by atoms with E-state index in [1.54, 1.807) is 12.1 Å². The first kappa shape index (κ1) is 18.3. The Labute approximate surface area is 159 Å². The van der Waals surface area contributed by atoms with Gasteiger partial charge in [-0.2, -0.15) is 0 Å². The number of hydrogen-bond acceptors (Lipinski definition) is 5. The SMILES string of the molecule is CC(SC(=S)N1CCCC1)C(=O)Nc1nc(-c2ccc(F)cc2)cs1. The number of thiocarbonyl (C=S) groups is 1. The average Bonchev–Trinajstić information content (AvgIpc) is 3.27. The van der Waals surface area contributed by atoms with E-state index in [4.69, 9.17) is 12.2 Å². The summed E-state index contributed by atoms with van der Waals surface area (Å²) in [6, 6.07) is 6.13. The number of thioether (sulfide) groups is 1. The third kappa shape index (κ3) is 4.77. The van der Waals surface area contributed by atoms with Crippen LogP contribution in [0, 0.1) is 5.82 Å². The number of aromatic nitrogens is 1. The van der Waals surface area contributed by atoms with Crippen molar-refractivity contribution in [1.29, 1.82) is 0 Å². The number of carbonyl (C=O) groups excluding carboxylic acids is 1. The third-order valence-electron chi connectivity index (χ3n) is 3.89. The number of nitrogens with one attached hydrogen (secondary N) is 1. The summed E-state index contributed by atoms with van der Waals surface area (Å²) >= 11 is 8.18. The zero-order valence-corrected chi connectivity index (χ0v) is 16.1. The summed E-state index contributed by atoms with van der Waals surface area (Å²) < 4.78 is 13.8. The number of rotatable bonds is 4. The number of anilines is 1. The number of likely N-dealkylation sites (tertiary alicyclic amines) is 1. The number of halogens is 1. The van der Waals surface area contributed by atoms with Crippen LogP contribution in [0.4, 0.5) is 9.52 Å². The third-order valence-corrected chi connectivity index (χ3v) is 6.22. The maximum atomic E-state index is 13.0. The molecule has 0 radical (unpaired) electrons. The lowest BCUT2D eigenvalue weighted by atomic mass is 10.2. The number of carbonyl (C=O) groups is 1. The number of nitrogens with zero attached hydrogens (tertiary/aromatic N) is 2. The number of hydrogen-bond donors (Lipinski definition) is 1. The summed E-state index contributed by atoms with van der Waals surface area (Å²) in [4.78, 5) is 18.9. The van der Waals surface area contributed by atoms with Gasteiger partial charge >= 0.3 is 0 Å². The first-order chi connectivity index (χ1) is 12.0. The van der Waals surface area contributed by atoms with E-state index in [1.807, 2.05) is 12.3 Å². The molecule has 2 aromatic rings. The van der Waals surface area contributed by atoms with E-state index in [0.717, 1.165) is 35.8 Å². The molecule has 1 aliphatic rings. The number of benzene rings is 1. The van der Waals surface area contributed by atoms with Gasteiger partial charge in [-0.25, -0.2) is 9.37 Å². The van der Waals surface area contributed by atoms with Crippen LogP contribution in [0.5, 0.6) is 0 Å². The standard InChI is InChI=1S/C17H18FN3OS3/c1-11(25-17(23)21-8-2-3-9-21)15(22)20-16-19-14(10-24-16)12-4-6-13(18)7-5-12/h4-7,10-11H,2-3,8-9H2,1H3,(H,19,20,22). The largest absolute Gasteiger partial charge is 0.358 e. The summed E-state index contributed by atoms with van der Waals surface area (Å²) in [6.07, 6.45) is 2.32. The Bertz CT molecular complexity index is 757. The highest BCUT2D eigenvalue weighted by Crippen LogP contribution is 2.26. The first-order valence-corrected chi connectivity index (χ1v) is 10.2. The lowest BCUT2D eigenvalue weighted by Gasteiger charge is -2.20. The smallest absolute Gasteiger partial charge is 0.239 e. The fourth-order valence-corrected chi connectivity index (χ4v) is 4.61. The zero-order chi connectivity index (χ0) is 17.8. The van der Waals surface area contributed by atoms with Gasteiger partial charge in [-0.15, -0.1) is 11.3 Å². The molecule has 2 heterocycles. The topological polar surface area (TPSA) is 45.2 Å². The van der Waals surface area contributed by atoms with Gasteiger partial charge in [0.2, 0.25) is 5.91 Å². The molecule has 132 valence electrons. The van der Waals surface area contributed by atoms with Crippen LogP contribution >= 0.6 is 35.3 Å². The van der Waals surface area contributed by atoms with Gasteiger partial charge in [-0.3, -0.25) is 4.79 Å². The Morgan fingerprint density at radius 2 is 2.04 bits per heavy atom. The molecule has 0 bridgehead atoms. The lowest BCUT2D eigenvalue weighted by Crippen LogP contribution is -2.29. The molecule has 25 heavy (non-hydrogen) atoms. The van der Waals surface area contributed by atoms with Crippen molar-refractivity contribution in [3.05, 3.63) is 35.5 Å². The van der Waals surface area contributed by atoms with Gasteiger partial charge < -0.3 is 10.2 Å². The van der Waals surface area contributed by atoms with Crippen molar-refractivity contribution in [2.75, 3.05) is 18.4 Å². The van der Waals surface area contributed by atoms with Crippen molar-refractivity contribution in [3.8, 4) is 11.3 Å². The average molecular weight is 396 g/mol. The minimum Gasteiger partial charge on any atom is -0.358 e. The number of thiazole rings is 1. The maximum absolute atomic E-state index is 13.0. The molecule has 1 aromatic heterocycles. The molecule has 1 amide bonds. The molecule has 4 nitrogen and oxygen atoms in total. The van der Waals surface area contributed by atoms with Gasteiger partial charge in [-0.1, -0.05) is 24.0 Å².